The van der Waals surface area contributed by atoms with E-state index in [1.165, 1.54) is 32.1 Å². The van der Waals surface area contributed by atoms with Crippen molar-refractivity contribution in [3.63, 3.8) is 0 Å². The Kier molecular flexibility index (Phi) is 58.6. The van der Waals surface area contributed by atoms with E-state index >= 15 is 0 Å². The molecule has 0 aliphatic carbocycles. The van der Waals surface area contributed by atoms with E-state index in [1.54, 1.807) is 0 Å². The van der Waals surface area contributed by atoms with Gasteiger partial charge in [-0.3, -0.25) is 18.6 Å². The Labute approximate surface area is 513 Å². The summed E-state index contributed by atoms with van der Waals surface area (Å²) in [7, 11) is 1.41. The molecule has 0 radical (unpaired) electrons. The third kappa shape index (κ3) is 66.0. The van der Waals surface area contributed by atoms with Gasteiger partial charge in [0.05, 0.1) is 27.7 Å². The topological polar surface area (TPSA) is 108 Å². The highest BCUT2D eigenvalue weighted by molar-refractivity contribution is 7.47. The minimum absolute atomic E-state index is 0.00989. The smallest absolute Gasteiger partial charge is 0.462 e. The molecule has 10 heteroatoms. The molecule has 0 aromatic rings. The Balaban J connectivity index is 4.25. The molecule has 9 nitrogen and oxygen atoms in total. The van der Waals surface area contributed by atoms with Crippen LogP contribution >= 0.6 is 7.82 Å². The van der Waals surface area contributed by atoms with Gasteiger partial charge in [-0.25, -0.2) is 4.57 Å². The highest BCUT2D eigenvalue weighted by atomic mass is 31.2. The van der Waals surface area contributed by atoms with Gasteiger partial charge in [0, 0.05) is 12.8 Å². The predicted molar refractivity (Wildman–Crippen MR) is 362 cm³/mol. The molecule has 0 amide bonds. The highest BCUT2D eigenvalue weighted by Crippen LogP contribution is 2.43. The first-order valence-electron chi connectivity index (χ1n) is 32.2. The quantitative estimate of drug-likeness (QED) is 0.0211. The van der Waals surface area contributed by atoms with E-state index in [2.05, 4.69) is 208 Å². The maximum absolute atomic E-state index is 12.9. The SMILES string of the molecule is CC/C=C\C/C=C\C/C=C\C/C=C\C/C=C\C/C=C\C/C=C\C/C=C\C/C=C\CCCCCCCCCCCC(=O)OC(COC(=O)CCC/C=C\C/C=C\C/C=C\C/C=C\C/C=C\C/C=C\C/C=C\CC)COP(=O)(O)OCC[N+](C)(C)C. The van der Waals surface area contributed by atoms with Crippen LogP contribution in [-0.4, -0.2) is 74.9 Å². The van der Waals surface area contributed by atoms with Crippen molar-refractivity contribution in [2.24, 2.45) is 0 Å². The van der Waals surface area contributed by atoms with Crippen LogP contribution in [0, 0.1) is 0 Å². The van der Waals surface area contributed by atoms with Gasteiger partial charge in [-0.2, -0.15) is 0 Å². The molecular formula is C74H117NO8P+. The van der Waals surface area contributed by atoms with Crippen LogP contribution in [0.5, 0.6) is 0 Å². The number of esters is 2. The number of carbonyl (C=O) groups excluding carboxylic acids is 2. The fraction of sp³-hybridized carbons (Fsp3) is 0.541. The van der Waals surface area contributed by atoms with E-state index in [4.69, 9.17) is 18.5 Å². The van der Waals surface area contributed by atoms with E-state index < -0.39 is 32.5 Å². The van der Waals surface area contributed by atoms with Crippen LogP contribution in [0.4, 0.5) is 0 Å². The van der Waals surface area contributed by atoms with Crippen molar-refractivity contribution in [2.45, 2.75) is 213 Å². The Morgan fingerprint density at radius 2 is 0.655 bits per heavy atom. The summed E-state index contributed by atoms with van der Waals surface area (Å²) in [4.78, 5) is 35.8. The number of hydrogen-bond donors (Lipinski definition) is 1. The monoisotopic (exact) mass is 1180 g/mol. The molecule has 2 unspecified atom stereocenters. The second-order valence-corrected chi connectivity index (χ2v) is 23.1. The number of hydrogen-bond acceptors (Lipinski definition) is 7. The first-order chi connectivity index (χ1) is 41.0. The van der Waals surface area contributed by atoms with E-state index in [0.717, 1.165) is 135 Å². The maximum Gasteiger partial charge on any atom is 0.472 e. The number of ether oxygens (including phenoxy) is 2. The lowest BCUT2D eigenvalue weighted by molar-refractivity contribution is -0.870. The molecule has 0 aliphatic rings. The van der Waals surface area contributed by atoms with Gasteiger partial charge in [-0.1, -0.05) is 253 Å². The van der Waals surface area contributed by atoms with Crippen LogP contribution in [0.15, 0.2) is 194 Å². The molecule has 0 aromatic heterocycles. The molecule has 0 saturated heterocycles. The van der Waals surface area contributed by atoms with Crippen molar-refractivity contribution in [3.8, 4) is 0 Å². The minimum atomic E-state index is -4.42. The molecular weight excluding hydrogens is 1060 g/mol. The molecule has 0 fully saturated rings. The summed E-state index contributed by atoms with van der Waals surface area (Å²) in [6.07, 6.45) is 98.1. The molecule has 0 spiro atoms. The molecule has 470 valence electrons. The Morgan fingerprint density at radius 1 is 0.369 bits per heavy atom. The van der Waals surface area contributed by atoms with Crippen molar-refractivity contribution in [2.75, 3.05) is 47.5 Å². The third-order valence-electron chi connectivity index (χ3n) is 12.6. The first kappa shape index (κ1) is 78.8. The lowest BCUT2D eigenvalue weighted by atomic mass is 10.1. The van der Waals surface area contributed by atoms with Gasteiger partial charge < -0.3 is 18.9 Å². The van der Waals surface area contributed by atoms with E-state index in [-0.39, 0.29) is 26.1 Å². The van der Waals surface area contributed by atoms with Crippen LogP contribution in [0.2, 0.25) is 0 Å². The van der Waals surface area contributed by atoms with Crippen LogP contribution in [-0.2, 0) is 32.7 Å². The van der Waals surface area contributed by atoms with Gasteiger partial charge in [-0.15, -0.1) is 0 Å². The highest BCUT2D eigenvalue weighted by Gasteiger charge is 2.27. The Morgan fingerprint density at radius 3 is 0.988 bits per heavy atom. The fourth-order valence-corrected chi connectivity index (χ4v) is 8.50. The average molecular weight is 1180 g/mol. The van der Waals surface area contributed by atoms with E-state index in [1.807, 2.05) is 21.1 Å². The number of carbonyl (C=O) groups is 2. The molecule has 0 bridgehead atoms. The molecule has 0 saturated carbocycles. The molecule has 84 heavy (non-hydrogen) atoms. The van der Waals surface area contributed by atoms with Crippen LogP contribution in [0.25, 0.3) is 0 Å². The summed E-state index contributed by atoms with van der Waals surface area (Å²) in [5, 5.41) is 0. The number of unbranched alkanes of at least 4 members (excludes halogenated alkanes) is 10. The fourth-order valence-electron chi connectivity index (χ4n) is 7.76. The number of allylic oxidation sites excluding steroid dienone is 32. The molecule has 2 atom stereocenters. The molecule has 0 aliphatic heterocycles. The lowest BCUT2D eigenvalue weighted by Crippen LogP contribution is -2.37. The summed E-state index contributed by atoms with van der Waals surface area (Å²) < 4.78 is 34.5. The van der Waals surface area contributed by atoms with Gasteiger partial charge in [0.1, 0.15) is 19.8 Å². The number of quaternary nitrogens is 1. The van der Waals surface area contributed by atoms with Crippen molar-refractivity contribution < 1.29 is 42.1 Å². The Hall–Kier alpha value is -5.15. The predicted octanol–water partition coefficient (Wildman–Crippen LogP) is 20.9. The van der Waals surface area contributed by atoms with Crippen LogP contribution in [0.1, 0.15) is 206 Å². The van der Waals surface area contributed by atoms with E-state index in [0.29, 0.717) is 23.9 Å². The summed E-state index contributed by atoms with van der Waals surface area (Å²) in [6, 6.07) is 0. The zero-order valence-electron chi connectivity index (χ0n) is 53.3. The first-order valence-corrected chi connectivity index (χ1v) is 33.7. The summed E-state index contributed by atoms with van der Waals surface area (Å²) >= 11 is 0. The van der Waals surface area contributed by atoms with Crippen molar-refractivity contribution in [1.82, 2.24) is 0 Å². The lowest BCUT2D eigenvalue weighted by Gasteiger charge is -2.24. The van der Waals surface area contributed by atoms with Crippen molar-refractivity contribution >= 4 is 19.8 Å². The van der Waals surface area contributed by atoms with Gasteiger partial charge in [0.25, 0.3) is 0 Å². The number of phosphoric ester groups is 1. The second kappa shape index (κ2) is 62.4. The number of nitrogens with zero attached hydrogens (tertiary/aromatic N) is 1. The summed E-state index contributed by atoms with van der Waals surface area (Å²) in [5.74, 6) is -0.891. The second-order valence-electron chi connectivity index (χ2n) is 21.7. The Bertz CT molecular complexity index is 2120. The molecule has 1 N–H and O–H groups in total. The maximum atomic E-state index is 12.9. The molecule has 0 heterocycles. The zero-order valence-corrected chi connectivity index (χ0v) is 54.2. The number of phosphoric acid groups is 1. The van der Waals surface area contributed by atoms with Crippen LogP contribution in [0.3, 0.4) is 0 Å². The van der Waals surface area contributed by atoms with Gasteiger partial charge in [0.2, 0.25) is 0 Å². The minimum Gasteiger partial charge on any atom is -0.462 e. The largest absolute Gasteiger partial charge is 0.472 e. The van der Waals surface area contributed by atoms with Crippen molar-refractivity contribution in [1.29, 1.82) is 0 Å². The van der Waals surface area contributed by atoms with Gasteiger partial charge in [0.15, 0.2) is 6.10 Å². The third-order valence-corrected chi connectivity index (χ3v) is 13.6. The number of likely N-dealkylation sites (N-methyl/N-ethyl adjacent to an activating group) is 1. The summed E-state index contributed by atoms with van der Waals surface area (Å²) in [5.41, 5.74) is 0. The van der Waals surface area contributed by atoms with E-state index in [9.17, 15) is 19.0 Å². The average Bonchev–Trinajstić information content (AvgIpc) is 3.61. The van der Waals surface area contributed by atoms with Gasteiger partial charge >= 0.3 is 19.8 Å². The van der Waals surface area contributed by atoms with Crippen LogP contribution < -0.4 is 0 Å². The van der Waals surface area contributed by atoms with Gasteiger partial charge in [-0.05, 0) is 135 Å². The summed E-state index contributed by atoms with van der Waals surface area (Å²) in [6.45, 7) is 4.10. The standard InChI is InChI=1S/C74H116NO8P/c1-6-8-10-12-14-16-18-20-22-24-26-28-30-31-32-33-34-35-36-37-38-39-40-41-42-43-45-47-49-51-53-55-57-59-61-63-65-67-74(77)83-72(71-82-84(78,79)81-69-68-75(3,4)5)70-80-73(76)66-64-62-60-58-56-54-52-50-48-46-44-29-27-25-23-21-19-17-15-13-11-9-7-2/h8-11,14-17,20-23,26-29,31-32,34-35,37-38,40-41,43,45-46,48,52,54,58,60,72H,6-7,12-13,18-19,24-25,30,33,36,39,42,44,47,49-51,53,55-57,59,61-71H2,1-5H3/p+1/b10-8-,11-9-,16-14-,17-15-,22-20-,23-21-,28-26-,29-27-,32-31-,35-34-,38-37-,41-40-,45-43-,48-46-,54-52-,60-58-. The normalized spacial score (nSPS) is 14.5. The van der Waals surface area contributed by atoms with Crippen molar-refractivity contribution in [3.05, 3.63) is 194 Å². The molecule has 0 aromatic carbocycles. The molecule has 0 rings (SSSR count). The number of rotatable bonds is 56. The zero-order chi connectivity index (χ0) is 61.2.